The molecule has 5 aliphatic heterocycles. The summed E-state index contributed by atoms with van der Waals surface area (Å²) in [7, 11) is 0. The SMILES string of the molecule is C[C@@H]1CC[C@@]2(OC1)OC1CC3C4CC=C5C[C@@H](O[C@@H]6O[C@H](CO)[C@@H](O[C@@H]7O[C@@H](COC(=O)c8ccco8)[C@H](O)[C@H]7O)[C@H](O)[C@H]6O[C@@H]6O[C@@H](C)C(=O)[C@@H](O)[C@H]6O)CC[C@]5(C)C4CC[C@]3(C)C1[C@@H]2C. The Kier molecular flexibility index (Phi) is 13.2. The third-order valence-electron chi connectivity index (χ3n) is 18.1. The number of carbonyl (C=O) groups is 2. The summed E-state index contributed by atoms with van der Waals surface area (Å²) in [5.74, 6) is 0.866. The lowest BCUT2D eigenvalue weighted by Gasteiger charge is -2.58. The second kappa shape index (κ2) is 18.3. The van der Waals surface area contributed by atoms with Crippen LogP contribution in [0, 0.1) is 46.3 Å². The Morgan fingerprint density at radius 2 is 1.60 bits per heavy atom. The molecule has 9 aliphatic rings. The Labute approximate surface area is 390 Å². The fourth-order valence-electron chi connectivity index (χ4n) is 14.3. The standard InChI is InChI=1S/C49H70O18/c1-22-10-15-49(60-20-22)23(2)34-31(67-49)18-29-27-9-8-25-17-26(11-13-47(25,4)28(27)12-14-48(29,34)5)62-46-42(66-44-39(55)37(53)35(51)24(3)61-44)40(56)41(32(19-50)63-46)65-45-38(54)36(52)33(64-45)21-59-43(57)30-7-6-16-58-30/h6-8,16,22-24,26-29,31-34,36-42,44-46,50,52-56H,9-15,17-21H2,1-5H3/t22-,23+,24+,26+,27?,28?,29?,31?,32-,33+,34?,36+,37-,38-,39-,40+,41-,42-,44+,45+,46-,47+,48+,49-/m1/s1. The fraction of sp³-hybridized carbons (Fsp3) is 0.837. The molecule has 18 nitrogen and oxygen atoms in total. The van der Waals surface area contributed by atoms with E-state index in [-0.39, 0.29) is 22.7 Å². The van der Waals surface area contributed by atoms with Crippen LogP contribution in [0.1, 0.15) is 103 Å². The molecule has 6 heterocycles. The Hall–Kier alpha value is -2.40. The van der Waals surface area contributed by atoms with Crippen molar-refractivity contribution in [3.63, 3.8) is 0 Å². The van der Waals surface area contributed by atoms with Crippen molar-refractivity contribution in [2.24, 2.45) is 46.3 Å². The molecule has 5 unspecified atom stereocenters. The summed E-state index contributed by atoms with van der Waals surface area (Å²) in [6.07, 6.45) is -7.87. The summed E-state index contributed by atoms with van der Waals surface area (Å²) < 4.78 is 60.5. The predicted molar refractivity (Wildman–Crippen MR) is 229 cm³/mol. The van der Waals surface area contributed by atoms with E-state index in [0.717, 1.165) is 51.6 Å². The number of ether oxygens (including phenoxy) is 9. The molecule has 67 heavy (non-hydrogen) atoms. The summed E-state index contributed by atoms with van der Waals surface area (Å²) in [5.41, 5.74) is 1.46. The highest BCUT2D eigenvalue weighted by Gasteiger charge is 2.69. The monoisotopic (exact) mass is 946 g/mol. The largest absolute Gasteiger partial charge is 0.457 e. The van der Waals surface area contributed by atoms with Gasteiger partial charge in [-0.15, -0.1) is 0 Å². The average molecular weight is 947 g/mol. The van der Waals surface area contributed by atoms with Gasteiger partial charge in [-0.05, 0) is 111 Å². The third kappa shape index (κ3) is 8.20. The van der Waals surface area contributed by atoms with Crippen molar-refractivity contribution in [3.05, 3.63) is 35.8 Å². The van der Waals surface area contributed by atoms with Crippen LogP contribution in [0.25, 0.3) is 0 Å². The second-order valence-electron chi connectivity index (χ2n) is 21.8. The van der Waals surface area contributed by atoms with Crippen molar-refractivity contribution in [2.45, 2.75) is 190 Å². The topological polar surface area (TPSA) is 252 Å². The number of aliphatic hydroxyl groups is 6. The van der Waals surface area contributed by atoms with E-state index in [9.17, 15) is 40.2 Å². The van der Waals surface area contributed by atoms with Crippen molar-refractivity contribution in [3.8, 4) is 0 Å². The Morgan fingerprint density at radius 1 is 0.836 bits per heavy atom. The number of allylic oxidation sites excluding steroid dienone is 1. The predicted octanol–water partition coefficient (Wildman–Crippen LogP) is 2.52. The molecule has 10 rings (SSSR count). The van der Waals surface area contributed by atoms with E-state index < -0.39 is 117 Å². The van der Waals surface area contributed by atoms with Gasteiger partial charge in [0, 0.05) is 12.3 Å². The first-order valence-electron chi connectivity index (χ1n) is 24.7. The van der Waals surface area contributed by atoms with E-state index in [0.29, 0.717) is 48.3 Å². The van der Waals surface area contributed by atoms with Crippen LogP contribution >= 0.6 is 0 Å². The number of Topliss-reactive ketones (excluding diaryl/α,β-unsaturated/α-hetero) is 1. The highest BCUT2D eigenvalue weighted by atomic mass is 16.8. The highest BCUT2D eigenvalue weighted by Crippen LogP contribution is 2.70. The van der Waals surface area contributed by atoms with E-state index in [1.807, 2.05) is 0 Å². The molecular formula is C49H70O18. The molecule has 3 saturated carbocycles. The normalized spacial score (nSPS) is 51.7. The van der Waals surface area contributed by atoms with Crippen LogP contribution in [-0.4, -0.2) is 160 Å². The molecule has 4 aliphatic carbocycles. The van der Waals surface area contributed by atoms with Gasteiger partial charge < -0.3 is 77.7 Å². The molecule has 1 aromatic rings. The van der Waals surface area contributed by atoms with Gasteiger partial charge in [0.2, 0.25) is 5.76 Å². The molecule has 1 spiro atoms. The molecule has 0 bridgehead atoms. The van der Waals surface area contributed by atoms with Crippen LogP contribution < -0.4 is 0 Å². The molecule has 24 atom stereocenters. The smallest absolute Gasteiger partial charge is 0.374 e. The Balaban J connectivity index is 0.836. The van der Waals surface area contributed by atoms with Gasteiger partial charge in [-0.1, -0.05) is 39.3 Å². The third-order valence-corrected chi connectivity index (χ3v) is 18.1. The minimum atomic E-state index is -1.84. The van der Waals surface area contributed by atoms with Crippen LogP contribution in [-0.2, 0) is 47.4 Å². The molecule has 0 amide bonds. The van der Waals surface area contributed by atoms with E-state index in [4.69, 9.17) is 47.0 Å². The Bertz CT molecular complexity index is 1970. The zero-order valence-corrected chi connectivity index (χ0v) is 39.0. The number of hydrogen-bond acceptors (Lipinski definition) is 18. The van der Waals surface area contributed by atoms with Crippen LogP contribution in [0.15, 0.2) is 34.5 Å². The molecular weight excluding hydrogens is 877 g/mol. The van der Waals surface area contributed by atoms with E-state index in [1.165, 1.54) is 30.9 Å². The lowest BCUT2D eigenvalue weighted by molar-refractivity contribution is -0.371. The first kappa shape index (κ1) is 48.2. The number of rotatable bonds is 10. The van der Waals surface area contributed by atoms with E-state index >= 15 is 0 Å². The van der Waals surface area contributed by atoms with Crippen molar-refractivity contribution < 1.29 is 87.3 Å². The minimum absolute atomic E-state index is 0.0476. The number of hydrogen-bond donors (Lipinski definition) is 6. The number of furan rings is 1. The molecule has 5 saturated heterocycles. The number of aliphatic hydroxyl groups excluding tert-OH is 6. The van der Waals surface area contributed by atoms with E-state index in [2.05, 4.69) is 33.8 Å². The maximum Gasteiger partial charge on any atom is 0.374 e. The van der Waals surface area contributed by atoms with Crippen molar-refractivity contribution in [1.29, 1.82) is 0 Å². The lowest BCUT2D eigenvalue weighted by atomic mass is 9.47. The second-order valence-corrected chi connectivity index (χ2v) is 21.8. The van der Waals surface area contributed by atoms with Gasteiger partial charge in [-0.2, -0.15) is 0 Å². The summed E-state index contributed by atoms with van der Waals surface area (Å²) in [4.78, 5) is 24.9. The molecule has 1 aromatic heterocycles. The molecule has 18 heteroatoms. The number of ketones is 1. The Morgan fingerprint density at radius 3 is 2.33 bits per heavy atom. The van der Waals surface area contributed by atoms with Gasteiger partial charge in [0.15, 0.2) is 30.4 Å². The van der Waals surface area contributed by atoms with Crippen molar-refractivity contribution >= 4 is 11.8 Å². The zero-order valence-electron chi connectivity index (χ0n) is 39.0. The minimum Gasteiger partial charge on any atom is -0.457 e. The quantitative estimate of drug-likeness (QED) is 0.146. The average Bonchev–Trinajstić information content (AvgIpc) is 4.08. The van der Waals surface area contributed by atoms with Crippen molar-refractivity contribution in [1.82, 2.24) is 0 Å². The summed E-state index contributed by atoms with van der Waals surface area (Å²) in [5, 5.41) is 66.1. The molecule has 8 fully saturated rings. The number of fused-ring (bicyclic) bond motifs is 7. The number of carbonyl (C=O) groups excluding carboxylic acids is 2. The van der Waals surface area contributed by atoms with Gasteiger partial charge in [-0.3, -0.25) is 4.79 Å². The maximum absolute atomic E-state index is 12.5. The number of esters is 1. The van der Waals surface area contributed by atoms with Crippen LogP contribution in [0.5, 0.6) is 0 Å². The highest BCUT2D eigenvalue weighted by molar-refractivity contribution is 5.88. The van der Waals surface area contributed by atoms with Crippen LogP contribution in [0.2, 0.25) is 0 Å². The van der Waals surface area contributed by atoms with Crippen molar-refractivity contribution in [2.75, 3.05) is 19.8 Å². The maximum atomic E-state index is 12.5. The van der Waals surface area contributed by atoms with E-state index in [1.54, 1.807) is 0 Å². The first-order chi connectivity index (χ1) is 32.0. The first-order valence-corrected chi connectivity index (χ1v) is 24.7. The van der Waals surface area contributed by atoms with Crippen LogP contribution in [0.3, 0.4) is 0 Å². The molecule has 0 radical (unpaired) electrons. The van der Waals surface area contributed by atoms with Gasteiger partial charge in [0.25, 0.3) is 0 Å². The summed E-state index contributed by atoms with van der Waals surface area (Å²) >= 11 is 0. The zero-order chi connectivity index (χ0) is 47.3. The van der Waals surface area contributed by atoms with Crippen LogP contribution in [0.4, 0.5) is 0 Å². The van der Waals surface area contributed by atoms with Gasteiger partial charge in [0.05, 0.1) is 31.7 Å². The molecule has 6 N–H and O–H groups in total. The fourth-order valence-corrected chi connectivity index (χ4v) is 14.3. The summed E-state index contributed by atoms with van der Waals surface area (Å²) in [6, 6.07) is 2.90. The van der Waals surface area contributed by atoms with Gasteiger partial charge >= 0.3 is 5.97 Å². The summed E-state index contributed by atoms with van der Waals surface area (Å²) in [6.45, 7) is 10.6. The van der Waals surface area contributed by atoms with Gasteiger partial charge in [-0.25, -0.2) is 4.79 Å². The van der Waals surface area contributed by atoms with Gasteiger partial charge in [0.1, 0.15) is 67.6 Å². The molecule has 0 aromatic carbocycles. The molecule has 374 valence electrons. The lowest BCUT2D eigenvalue weighted by Crippen LogP contribution is -2.65.